The number of aryl methyl sites for hydroxylation is 3. The molecule has 19 heteroatoms. The molecule has 0 saturated carbocycles. The average Bonchev–Trinajstić information content (AvgIpc) is 2.93. The summed E-state index contributed by atoms with van der Waals surface area (Å²) in [5, 5.41) is 0. The van der Waals surface area contributed by atoms with Crippen molar-refractivity contribution in [2.75, 3.05) is 0 Å². The van der Waals surface area contributed by atoms with Crippen LogP contribution < -0.4 is 0 Å². The fourth-order valence-corrected chi connectivity index (χ4v) is 16.0. The molecule has 0 heterocycles. The van der Waals surface area contributed by atoms with Crippen LogP contribution in [0.1, 0.15) is 27.8 Å². The number of benzene rings is 5. The molecule has 0 aliphatic carbocycles. The molecule has 54 heavy (non-hydrogen) atoms. The molecule has 0 aromatic heterocycles. The van der Waals surface area contributed by atoms with E-state index >= 15 is 0 Å². The van der Waals surface area contributed by atoms with Crippen molar-refractivity contribution >= 4 is 294 Å². The van der Waals surface area contributed by atoms with Crippen molar-refractivity contribution in [3.05, 3.63) is 147 Å². The maximum absolute atomic E-state index is 3.25. The summed E-state index contributed by atoms with van der Waals surface area (Å²) in [6, 6.07) is 32.0. The average molecular weight is 3190 g/mol. The van der Waals surface area contributed by atoms with Gasteiger partial charge in [-0.2, -0.15) is 65.2 Å². The third kappa shape index (κ3) is 34.1. The van der Waals surface area contributed by atoms with Crippen molar-refractivity contribution < 1.29 is 126 Å². The molecule has 0 aliphatic heterocycles. The third-order valence-corrected chi connectivity index (χ3v) is 17.9. The standard InChI is InChI=1S/C7H4I3.C7H3I3.C7H4I3.2C7H5I2.6W/c2*1-4-6(9)2-5(8)3-7(4)10;1-4-2-5(8)7(10)6(9)3-4;2*1-5-2-6(8)4-7(9)3-5;;;;;;/h2H,1H3;1H3;2H,1H3;2,4H,1H3;2-3H,1H3;;;;;;/q-1;-2;3*-1;;;;;;. The van der Waals surface area contributed by atoms with Crippen LogP contribution in [0.25, 0.3) is 0 Å². The van der Waals surface area contributed by atoms with Crippen LogP contribution in [0.5, 0.6) is 0 Å². The van der Waals surface area contributed by atoms with E-state index in [0.29, 0.717) is 0 Å². The largest absolute Gasteiger partial charge is 0.331 e. The first-order valence-corrected chi connectivity index (χ1v) is 26.9. The van der Waals surface area contributed by atoms with E-state index in [1.807, 2.05) is 0 Å². The van der Waals surface area contributed by atoms with E-state index in [9.17, 15) is 0 Å². The summed E-state index contributed by atoms with van der Waals surface area (Å²) in [4.78, 5) is 0. The summed E-state index contributed by atoms with van der Waals surface area (Å²) < 4.78 is 15.9. The molecule has 5 aromatic rings. The maximum atomic E-state index is 3.25. The Morgan fingerprint density at radius 2 is 0.759 bits per heavy atom. The van der Waals surface area contributed by atoms with Crippen LogP contribution in [0.4, 0.5) is 0 Å². The number of hydrogen-bond acceptors (Lipinski definition) is 0. The molecule has 5 aromatic carbocycles. The second-order valence-electron chi connectivity index (χ2n) is 9.33. The van der Waals surface area contributed by atoms with Gasteiger partial charge in [-0.25, -0.2) is 10.7 Å². The Morgan fingerprint density at radius 3 is 1.15 bits per heavy atom. The predicted octanol–water partition coefficient (Wildman–Crippen LogP) is 16.6. The minimum absolute atomic E-state index is 0. The van der Waals surface area contributed by atoms with Crippen LogP contribution in [-0.2, 0) is 126 Å². The van der Waals surface area contributed by atoms with Crippen molar-refractivity contribution in [2.24, 2.45) is 0 Å². The molecule has 0 radical (unpaired) electrons. The Balaban J connectivity index is -0.000000130. The molecule has 0 atom stereocenters. The quantitative estimate of drug-likeness (QED) is 0.0824. The van der Waals surface area contributed by atoms with Crippen LogP contribution in [0.3, 0.4) is 0 Å². The van der Waals surface area contributed by atoms with Gasteiger partial charge in [0.2, 0.25) is 0 Å². The van der Waals surface area contributed by atoms with Gasteiger partial charge in [-0.3, -0.25) is 5.56 Å². The molecule has 294 valence electrons. The van der Waals surface area contributed by atoms with Crippen LogP contribution >= 0.6 is 294 Å². The SMILES string of the molecule is Cc1[c-]c(I)c(I)c(I)c1.Cc1[c-]c(I)cc(I)c1.Cc1c(I)[c-]c(I)[c-]c1I.Cc1c(I)[c-]c(I)cc1I.Cc1cc(I)[c-]c(I)c1.[W].[W].[W].[W].[W].[W]. The summed E-state index contributed by atoms with van der Waals surface area (Å²) in [5.74, 6) is 0. The summed E-state index contributed by atoms with van der Waals surface area (Å²) in [7, 11) is 0. The first kappa shape index (κ1) is 75.2. The minimum atomic E-state index is 0. The van der Waals surface area contributed by atoms with E-state index in [-0.39, 0.29) is 126 Å². The summed E-state index contributed by atoms with van der Waals surface area (Å²) >= 11 is 29.9. The fraction of sp³-hybridized carbons (Fsp3) is 0.143. The van der Waals surface area contributed by atoms with Gasteiger partial charge in [-0.05, 0) is 0 Å². The van der Waals surface area contributed by atoms with Gasteiger partial charge in [0.25, 0.3) is 0 Å². The third-order valence-electron chi connectivity index (χ3n) is 5.20. The molecule has 5 rings (SSSR count). The smallest absolute Gasteiger partial charge is 0 e. The topological polar surface area (TPSA) is 0 Å². The summed E-state index contributed by atoms with van der Waals surface area (Å²) in [6.45, 7) is 10.4. The van der Waals surface area contributed by atoms with Crippen LogP contribution in [0, 0.1) is 117 Å². The van der Waals surface area contributed by atoms with Crippen LogP contribution in [0.2, 0.25) is 0 Å². The van der Waals surface area contributed by atoms with Gasteiger partial charge in [0, 0.05) is 126 Å². The Kier molecular flexibility index (Phi) is 58.1. The Morgan fingerprint density at radius 1 is 0.352 bits per heavy atom. The van der Waals surface area contributed by atoms with Crippen molar-refractivity contribution in [1.29, 1.82) is 0 Å². The Bertz CT molecular complexity index is 1490. The molecule has 0 spiro atoms. The van der Waals surface area contributed by atoms with Gasteiger partial charge >= 0.3 is 0 Å². The second kappa shape index (κ2) is 41.7. The number of hydrogen-bond donors (Lipinski definition) is 0. The van der Waals surface area contributed by atoms with Crippen LogP contribution in [0.15, 0.2) is 36.4 Å². The molecular weight excluding hydrogens is 3170 g/mol. The molecule has 0 saturated heterocycles. The zero-order valence-corrected chi connectivity index (χ0v) is 73.5. The molecular formula is C35H21I13W6-6. The van der Waals surface area contributed by atoms with E-state index in [1.54, 1.807) is 0 Å². The van der Waals surface area contributed by atoms with E-state index in [4.69, 9.17) is 0 Å². The maximum Gasteiger partial charge on any atom is 0 e. The normalized spacial score (nSPS) is 8.78. The molecule has 0 fully saturated rings. The first-order valence-electron chi connectivity index (χ1n) is 12.9. The van der Waals surface area contributed by atoms with E-state index in [2.05, 4.69) is 401 Å². The monoisotopic (exact) mass is 3190 g/mol. The van der Waals surface area contributed by atoms with E-state index < -0.39 is 0 Å². The van der Waals surface area contributed by atoms with Crippen molar-refractivity contribution in [1.82, 2.24) is 0 Å². The van der Waals surface area contributed by atoms with Gasteiger partial charge in [0.05, 0.1) is 0 Å². The number of halogens is 13. The second-order valence-corrected chi connectivity index (χ2v) is 24.0. The van der Waals surface area contributed by atoms with Gasteiger partial charge in [-0.15, -0.1) is 115 Å². The summed E-state index contributed by atoms with van der Waals surface area (Å²) in [6.07, 6.45) is 0. The molecule has 0 N–H and O–H groups in total. The van der Waals surface area contributed by atoms with Crippen molar-refractivity contribution in [3.8, 4) is 0 Å². The van der Waals surface area contributed by atoms with Crippen molar-refractivity contribution in [2.45, 2.75) is 34.6 Å². The summed E-state index contributed by atoms with van der Waals surface area (Å²) in [5.41, 5.74) is 6.35. The van der Waals surface area contributed by atoms with Gasteiger partial charge in [0.1, 0.15) is 0 Å². The molecule has 0 nitrogen and oxygen atoms in total. The minimum Gasteiger partial charge on any atom is -0.331 e. The van der Waals surface area contributed by atoms with Crippen molar-refractivity contribution in [3.63, 3.8) is 0 Å². The molecule has 0 bridgehead atoms. The Hall–Kier alpha value is 9.72. The van der Waals surface area contributed by atoms with Gasteiger partial charge in [0.15, 0.2) is 0 Å². The number of rotatable bonds is 0. The Labute approximate surface area is 586 Å². The van der Waals surface area contributed by atoms with E-state index in [0.717, 1.165) is 3.57 Å². The van der Waals surface area contributed by atoms with E-state index in [1.165, 1.54) is 70.7 Å². The molecule has 0 unspecified atom stereocenters. The van der Waals surface area contributed by atoms with Crippen LogP contribution in [-0.4, -0.2) is 0 Å². The zero-order chi connectivity index (χ0) is 36.9. The van der Waals surface area contributed by atoms with Gasteiger partial charge < -0.3 is 12.1 Å². The first-order chi connectivity index (χ1) is 22.2. The van der Waals surface area contributed by atoms with Gasteiger partial charge in [-0.1, -0.05) is 267 Å². The zero-order valence-electron chi connectivity index (χ0n) is 27.8. The molecule has 0 aliphatic rings. The fourth-order valence-electron chi connectivity index (χ4n) is 2.95. The predicted molar refractivity (Wildman–Crippen MR) is 314 cm³/mol. The molecule has 0 amide bonds.